The number of halogens is 2. The van der Waals surface area contributed by atoms with Crippen molar-refractivity contribution < 1.29 is 0 Å². The Labute approximate surface area is 510 Å². The van der Waals surface area contributed by atoms with E-state index in [-0.39, 0.29) is 42.1 Å². The highest BCUT2D eigenvalue weighted by molar-refractivity contribution is 9.11. The van der Waals surface area contributed by atoms with Crippen LogP contribution >= 0.6 is 126 Å². The summed E-state index contributed by atoms with van der Waals surface area (Å²) in [5.41, 5.74) is 2.54. The molecule has 0 aliphatic heterocycles. The Bertz CT molecular complexity index is 1840. The summed E-state index contributed by atoms with van der Waals surface area (Å²) < 4.78 is 3.94. The second-order valence-corrected chi connectivity index (χ2v) is 31.0. The van der Waals surface area contributed by atoms with Crippen LogP contribution in [0.15, 0.2) is 26.3 Å². The first kappa shape index (κ1) is 77.9. The fraction of sp³-hybridized carbons (Fsp3) is 0.682. The zero-order valence-electron chi connectivity index (χ0n) is 44.2. The van der Waals surface area contributed by atoms with Crippen LogP contribution in [0, 0.1) is 28.1 Å². The molecule has 2 aromatic rings. The first-order chi connectivity index (χ1) is 33.3. The molecule has 0 fully saturated rings. The van der Waals surface area contributed by atoms with Crippen molar-refractivity contribution in [3.63, 3.8) is 0 Å². The van der Waals surface area contributed by atoms with Crippen LogP contribution < -0.4 is 0 Å². The first-order valence-corrected chi connectivity index (χ1v) is 32.6. The lowest BCUT2D eigenvalue weighted by Gasteiger charge is -2.36. The Morgan fingerprint density at radius 3 is 1.62 bits per heavy atom. The summed E-state index contributed by atoms with van der Waals surface area (Å²) in [6, 6.07) is 9.22. The predicted molar refractivity (Wildman–Crippen MR) is 376 cm³/mol. The monoisotopic (exact) mass is 1220 g/mol. The molecule has 0 saturated heterocycles. The SMILES string of the molecule is C.C=Cc1sc(Br)cc1CCCCCC.CCCCCCc1cc(Br)sc1C(CC(C)(C)C#N)SC(=S)SCCCC.CCCCSC(=S)SC(C)(C)C#N.[B][B]B([B])B(B([B])[B])B(C)B(B([B])[B])B([B])[B]. The van der Waals surface area contributed by atoms with Crippen molar-refractivity contribution in [3.8, 4) is 12.1 Å². The van der Waals surface area contributed by atoms with Gasteiger partial charge in [-0.15, -0.1) is 53.0 Å². The minimum absolute atomic E-state index is 0. The van der Waals surface area contributed by atoms with Crippen molar-refractivity contribution in [1.82, 2.24) is 0 Å². The van der Waals surface area contributed by atoms with Gasteiger partial charge in [0.2, 0.25) is 0 Å². The standard InChI is InChI=1S/C21H32BrNS4.C12H17BrS.C9H15NS3.CH3B16.CH4/c1-5-7-9-10-11-16-13-18(22)27-19(16)17(14-21(3,4)15-23)26-20(24)25-12-8-6-2;1-3-5-6-7-8-10-9-12(13)14-11(10)4-2;1-4-5-6-12-8(11)13-9(2,3)7-10;1-11(16(12(3)4)13(5)6)17(14(7)8)15(9)10-2;/h13,17H,5-12,14H2,1-4H3;4,9H,2-3,5-8H2,1H3;4-6H2,1-3H3;1H3;1H4. The van der Waals surface area contributed by atoms with Gasteiger partial charge in [-0.3, -0.25) is 0 Å². The van der Waals surface area contributed by atoms with Gasteiger partial charge in [-0.25, -0.2) is 0 Å². The number of hydrogen-bond acceptors (Lipinski definition) is 10. The van der Waals surface area contributed by atoms with E-state index in [4.69, 9.17) is 91.6 Å². The molecule has 0 N–H and O–H groups in total. The van der Waals surface area contributed by atoms with Gasteiger partial charge in [-0.1, -0.05) is 147 Å². The Morgan fingerprint density at radius 1 is 0.736 bits per heavy atom. The molecule has 2 heterocycles. The van der Waals surface area contributed by atoms with Gasteiger partial charge in [0.05, 0.1) is 25.1 Å². The molecule has 2 rings (SSSR count). The number of unbranched alkanes of at least 4 members (excludes halogenated alkanes) is 8. The van der Waals surface area contributed by atoms with E-state index in [0.717, 1.165) is 31.4 Å². The molecule has 0 aliphatic carbocycles. The minimum atomic E-state index is -0.670. The number of thiophene rings is 2. The summed E-state index contributed by atoms with van der Waals surface area (Å²) in [4.78, 5) is 2.73. The maximum absolute atomic E-state index is 9.57. The largest absolute Gasteiger partial charge is 0.198 e. The Balaban J connectivity index is -0.000000922. The number of aryl methyl sites for hydroxylation is 2. The van der Waals surface area contributed by atoms with Crippen LogP contribution in [0.5, 0.6) is 0 Å². The van der Waals surface area contributed by atoms with E-state index < -0.39 is 25.5 Å². The molecule has 17 radical (unpaired) electrons. The van der Waals surface area contributed by atoms with Gasteiger partial charge < -0.3 is 0 Å². The maximum Gasteiger partial charge on any atom is 0.105 e. The van der Waals surface area contributed by atoms with Gasteiger partial charge >= 0.3 is 0 Å². The van der Waals surface area contributed by atoms with Crippen LogP contribution in [-0.2, 0) is 12.8 Å². The third-order valence-electron chi connectivity index (χ3n) is 11.2. The summed E-state index contributed by atoms with van der Waals surface area (Å²) in [7, 11) is 46.7. The number of hydrogen-bond donors (Lipinski definition) is 0. The zero-order chi connectivity index (χ0) is 54.7. The highest BCUT2D eigenvalue weighted by Crippen LogP contribution is 2.47. The number of nitrogens with zero attached hydrogens (tertiary/aromatic N) is 2. The van der Waals surface area contributed by atoms with E-state index in [9.17, 15) is 5.26 Å². The molecule has 1 atom stereocenters. The molecule has 2 aromatic heterocycles. The quantitative estimate of drug-likeness (QED) is 0.0454. The van der Waals surface area contributed by atoms with Crippen molar-refractivity contribution >= 4 is 253 Å². The van der Waals surface area contributed by atoms with Gasteiger partial charge in [0.15, 0.2) is 0 Å². The second kappa shape index (κ2) is 45.4. The molecule has 0 bridgehead atoms. The van der Waals surface area contributed by atoms with Crippen LogP contribution in [0.2, 0.25) is 6.82 Å². The Kier molecular flexibility index (Phi) is 49.2. The van der Waals surface area contributed by atoms with E-state index >= 15 is 0 Å². The Morgan fingerprint density at radius 2 is 1.19 bits per heavy atom. The molecule has 72 heavy (non-hydrogen) atoms. The van der Waals surface area contributed by atoms with Crippen molar-refractivity contribution in [3.05, 3.63) is 47.2 Å². The minimum Gasteiger partial charge on any atom is -0.198 e. The van der Waals surface area contributed by atoms with Crippen molar-refractivity contribution in [2.24, 2.45) is 5.41 Å². The van der Waals surface area contributed by atoms with Gasteiger partial charge in [0, 0.05) is 129 Å². The molecule has 0 aliphatic rings. The van der Waals surface area contributed by atoms with Crippen LogP contribution in [0.25, 0.3) is 6.08 Å². The third kappa shape index (κ3) is 36.1. The number of rotatable bonds is 29. The zero-order valence-corrected chi connectivity index (χ0v) is 53.9. The lowest BCUT2D eigenvalue weighted by molar-refractivity contribution is 0.449. The summed E-state index contributed by atoms with van der Waals surface area (Å²) in [6.45, 7) is 22.3. The summed E-state index contributed by atoms with van der Waals surface area (Å²) >= 11 is 28.4. The number of thiocarbonyl (C=S) groups is 2. The van der Waals surface area contributed by atoms with Crippen molar-refractivity contribution in [1.29, 1.82) is 10.5 Å². The van der Waals surface area contributed by atoms with Crippen LogP contribution in [0.4, 0.5) is 0 Å². The van der Waals surface area contributed by atoms with E-state index in [1.165, 1.54) is 131 Å². The first-order valence-electron chi connectivity index (χ1n) is 24.9. The third-order valence-corrected chi connectivity index (χ3v) is 20.4. The molecular weight excluding hydrogens is 1150 g/mol. The summed E-state index contributed by atoms with van der Waals surface area (Å²) in [5.74, 6) is 2.17. The molecular formula is C44H71B16Br2N2S8. The van der Waals surface area contributed by atoms with Gasteiger partial charge in [-0.05, 0) is 139 Å². The van der Waals surface area contributed by atoms with Crippen LogP contribution in [-0.4, -0.2) is 137 Å². The van der Waals surface area contributed by atoms with Crippen LogP contribution in [0.3, 0.4) is 0 Å². The van der Waals surface area contributed by atoms with Gasteiger partial charge in [0.1, 0.15) is 11.8 Å². The fourth-order valence-electron chi connectivity index (χ4n) is 7.14. The molecule has 0 saturated carbocycles. The van der Waals surface area contributed by atoms with Gasteiger partial charge in [0.25, 0.3) is 0 Å². The fourth-order valence-corrected chi connectivity index (χ4v) is 16.8. The van der Waals surface area contributed by atoms with E-state index in [1.807, 2.05) is 51.9 Å². The van der Waals surface area contributed by atoms with E-state index in [2.05, 4.69) is 90.4 Å². The second-order valence-electron chi connectivity index (χ2n) is 18.7. The number of thioether (sulfide) groups is 4. The predicted octanol–water partition coefficient (Wildman–Crippen LogP) is 13.4. The highest BCUT2D eigenvalue weighted by atomic mass is 79.9. The summed E-state index contributed by atoms with van der Waals surface area (Å²) in [5, 5.41) is 18.6. The molecule has 0 spiro atoms. The van der Waals surface area contributed by atoms with Crippen LogP contribution in [0.1, 0.15) is 172 Å². The lowest BCUT2D eigenvalue weighted by Crippen LogP contribution is -2.73. The van der Waals surface area contributed by atoms with Crippen molar-refractivity contribution in [2.75, 3.05) is 11.5 Å². The topological polar surface area (TPSA) is 47.6 Å². The molecule has 0 amide bonds. The molecule has 0 aromatic carbocycles. The molecule has 367 valence electrons. The van der Waals surface area contributed by atoms with E-state index in [0.29, 0.717) is 0 Å². The Hall–Kier alpha value is 1.70. The molecule has 2 nitrogen and oxygen atoms in total. The lowest BCUT2D eigenvalue weighted by atomic mass is 8.47. The van der Waals surface area contributed by atoms with Gasteiger partial charge in [-0.2, -0.15) is 10.5 Å². The summed E-state index contributed by atoms with van der Waals surface area (Å²) in [6.07, 6.45) is 17.2. The number of nitriles is 2. The average molecular weight is 1220 g/mol. The maximum atomic E-state index is 9.57. The highest BCUT2D eigenvalue weighted by Gasteiger charge is 2.39. The van der Waals surface area contributed by atoms with Crippen molar-refractivity contribution in [2.45, 2.75) is 176 Å². The molecule has 28 heteroatoms. The molecule has 1 unspecified atom stereocenters. The van der Waals surface area contributed by atoms with E-state index in [1.54, 1.807) is 46.6 Å². The normalized spacial score (nSPS) is 10.9. The smallest absolute Gasteiger partial charge is 0.105 e. The average Bonchev–Trinajstić information content (AvgIpc) is 3.86.